The fourth-order valence-electron chi connectivity index (χ4n) is 3.09. The van der Waals surface area contributed by atoms with Crippen molar-refractivity contribution in [2.45, 2.75) is 24.3 Å². The second kappa shape index (κ2) is 7.50. The minimum atomic E-state index is -3.92. The van der Waals surface area contributed by atoms with Crippen LogP contribution in [0.1, 0.15) is 11.1 Å². The average Bonchev–Trinajstić information content (AvgIpc) is 2.65. The second-order valence-corrected chi connectivity index (χ2v) is 8.53. The molecule has 0 heterocycles. The molecule has 0 fully saturated rings. The maximum Gasteiger partial charge on any atom is 0.322 e. The van der Waals surface area contributed by atoms with Crippen LogP contribution in [-0.2, 0) is 21.2 Å². The van der Waals surface area contributed by atoms with Crippen molar-refractivity contribution < 1.29 is 18.3 Å². The van der Waals surface area contributed by atoms with E-state index in [4.69, 9.17) is 0 Å². The van der Waals surface area contributed by atoms with E-state index in [1.165, 1.54) is 19.2 Å². The van der Waals surface area contributed by atoms with Crippen LogP contribution in [0.4, 0.5) is 0 Å². The van der Waals surface area contributed by atoms with E-state index in [-0.39, 0.29) is 11.3 Å². The summed E-state index contributed by atoms with van der Waals surface area (Å²) in [5, 5.41) is 11.6. The van der Waals surface area contributed by atoms with Crippen molar-refractivity contribution in [3.8, 4) is 0 Å². The van der Waals surface area contributed by atoms with Gasteiger partial charge in [0.1, 0.15) is 6.04 Å². The van der Waals surface area contributed by atoms with Crippen LogP contribution >= 0.6 is 0 Å². The van der Waals surface area contributed by atoms with Gasteiger partial charge in [-0.25, -0.2) is 8.42 Å². The Hall–Kier alpha value is -2.70. The van der Waals surface area contributed by atoms with E-state index in [1.807, 2.05) is 49.4 Å². The highest BCUT2D eigenvalue weighted by Gasteiger charge is 2.33. The minimum Gasteiger partial charge on any atom is -0.480 e. The quantitative estimate of drug-likeness (QED) is 0.707. The van der Waals surface area contributed by atoms with Gasteiger partial charge >= 0.3 is 5.97 Å². The molecule has 0 amide bonds. The van der Waals surface area contributed by atoms with Crippen molar-refractivity contribution in [1.82, 2.24) is 4.31 Å². The molecule has 1 N–H and O–H groups in total. The summed E-state index contributed by atoms with van der Waals surface area (Å²) in [6.07, 6.45) is 0.0816. The van der Waals surface area contributed by atoms with E-state index in [9.17, 15) is 18.3 Å². The fraction of sp³-hybridized carbons (Fsp3) is 0.190. The summed E-state index contributed by atoms with van der Waals surface area (Å²) in [6.45, 7) is 1.86. The van der Waals surface area contributed by atoms with Crippen LogP contribution in [0, 0.1) is 6.92 Å². The van der Waals surface area contributed by atoms with Crippen molar-refractivity contribution in [2.75, 3.05) is 7.05 Å². The minimum absolute atomic E-state index is 0.0816. The first-order valence-electron chi connectivity index (χ1n) is 8.55. The van der Waals surface area contributed by atoms with Crippen LogP contribution < -0.4 is 0 Å². The third-order valence-electron chi connectivity index (χ3n) is 4.72. The van der Waals surface area contributed by atoms with Crippen molar-refractivity contribution in [3.63, 3.8) is 0 Å². The maximum absolute atomic E-state index is 12.9. The summed E-state index contributed by atoms with van der Waals surface area (Å²) in [5.41, 5.74) is 1.73. The number of aryl methyl sites for hydroxylation is 1. The fourth-order valence-corrected chi connectivity index (χ4v) is 4.41. The highest BCUT2D eigenvalue weighted by Crippen LogP contribution is 2.24. The van der Waals surface area contributed by atoms with Crippen LogP contribution in [0.5, 0.6) is 0 Å². The molecule has 1 unspecified atom stereocenters. The van der Waals surface area contributed by atoms with Gasteiger partial charge in [-0.05, 0) is 35.4 Å². The third kappa shape index (κ3) is 3.86. The zero-order valence-electron chi connectivity index (χ0n) is 15.2. The summed E-state index contributed by atoms with van der Waals surface area (Å²) in [5.74, 6) is -1.18. The highest BCUT2D eigenvalue weighted by molar-refractivity contribution is 7.89. The van der Waals surface area contributed by atoms with Gasteiger partial charge in [0.25, 0.3) is 0 Å². The Kier molecular flexibility index (Phi) is 5.30. The molecular formula is C21H21NO4S. The van der Waals surface area contributed by atoms with Gasteiger partial charge in [-0.1, -0.05) is 60.2 Å². The lowest BCUT2D eigenvalue weighted by Gasteiger charge is -2.25. The van der Waals surface area contributed by atoms with Crippen LogP contribution in [-0.4, -0.2) is 36.9 Å². The van der Waals surface area contributed by atoms with E-state index in [1.54, 1.807) is 12.1 Å². The van der Waals surface area contributed by atoms with Gasteiger partial charge in [0, 0.05) is 13.5 Å². The lowest BCUT2D eigenvalue weighted by molar-refractivity contribution is -0.141. The number of carboxylic acid groups (broad SMARTS) is 1. The summed E-state index contributed by atoms with van der Waals surface area (Å²) < 4.78 is 26.8. The first-order valence-corrected chi connectivity index (χ1v) is 9.99. The van der Waals surface area contributed by atoms with Crippen LogP contribution in [0.15, 0.2) is 71.6 Å². The number of carboxylic acids is 1. The van der Waals surface area contributed by atoms with E-state index in [2.05, 4.69) is 0 Å². The predicted molar refractivity (Wildman–Crippen MR) is 105 cm³/mol. The summed E-state index contributed by atoms with van der Waals surface area (Å²) >= 11 is 0. The molecular weight excluding hydrogens is 362 g/mol. The summed E-state index contributed by atoms with van der Waals surface area (Å²) in [6, 6.07) is 18.5. The molecule has 0 radical (unpaired) electrons. The molecule has 3 aromatic carbocycles. The van der Waals surface area contributed by atoms with E-state index in [0.29, 0.717) is 0 Å². The van der Waals surface area contributed by atoms with Gasteiger partial charge in [0.2, 0.25) is 10.0 Å². The Labute approximate surface area is 158 Å². The SMILES string of the molecule is Cc1ccc(S(=O)(=O)N(C)C(Cc2cccc3ccccc23)C(=O)O)cc1. The normalized spacial score (nSPS) is 13.0. The monoisotopic (exact) mass is 383 g/mol. The van der Waals surface area contributed by atoms with E-state index < -0.39 is 22.0 Å². The Morgan fingerprint density at radius 3 is 2.30 bits per heavy atom. The van der Waals surface area contributed by atoms with Gasteiger partial charge in [0.05, 0.1) is 4.90 Å². The van der Waals surface area contributed by atoms with Gasteiger partial charge in [-0.2, -0.15) is 4.31 Å². The average molecular weight is 383 g/mol. The number of fused-ring (bicyclic) bond motifs is 1. The second-order valence-electron chi connectivity index (χ2n) is 6.53. The molecule has 27 heavy (non-hydrogen) atoms. The number of benzene rings is 3. The number of sulfonamides is 1. The lowest BCUT2D eigenvalue weighted by Crippen LogP contribution is -2.43. The largest absolute Gasteiger partial charge is 0.480 e. The number of aliphatic carboxylic acids is 1. The molecule has 6 heteroatoms. The standard InChI is InChI=1S/C21H21NO4S/c1-15-10-12-18(13-11-15)27(25,26)22(2)20(21(23)24)14-17-8-5-7-16-6-3-4-9-19(16)17/h3-13,20H,14H2,1-2H3,(H,23,24). The number of hydrogen-bond donors (Lipinski definition) is 1. The first kappa shape index (κ1) is 19.1. The third-order valence-corrected chi connectivity index (χ3v) is 6.60. The Bertz CT molecular complexity index is 1070. The van der Waals surface area contributed by atoms with Crippen LogP contribution in [0.25, 0.3) is 10.8 Å². The molecule has 0 aliphatic heterocycles. The molecule has 0 aliphatic rings. The van der Waals surface area contributed by atoms with Gasteiger partial charge in [0.15, 0.2) is 0 Å². The smallest absolute Gasteiger partial charge is 0.322 e. The first-order chi connectivity index (χ1) is 12.8. The number of rotatable bonds is 6. The highest BCUT2D eigenvalue weighted by atomic mass is 32.2. The van der Waals surface area contributed by atoms with Crippen LogP contribution in [0.2, 0.25) is 0 Å². The number of hydrogen-bond acceptors (Lipinski definition) is 3. The van der Waals surface area contributed by atoms with Gasteiger partial charge < -0.3 is 5.11 Å². The molecule has 140 valence electrons. The molecule has 0 spiro atoms. The number of likely N-dealkylation sites (N-methyl/N-ethyl adjacent to an activating group) is 1. The summed E-state index contributed by atoms with van der Waals surface area (Å²) in [4.78, 5) is 12.0. The molecule has 5 nitrogen and oxygen atoms in total. The van der Waals surface area contributed by atoms with Gasteiger partial charge in [-0.3, -0.25) is 4.79 Å². The Morgan fingerprint density at radius 1 is 1.00 bits per heavy atom. The zero-order valence-corrected chi connectivity index (χ0v) is 16.0. The Morgan fingerprint density at radius 2 is 1.63 bits per heavy atom. The van der Waals surface area contributed by atoms with Crippen molar-refractivity contribution in [3.05, 3.63) is 77.9 Å². The van der Waals surface area contributed by atoms with Gasteiger partial charge in [-0.15, -0.1) is 0 Å². The Balaban J connectivity index is 1.97. The number of carbonyl (C=O) groups is 1. The molecule has 0 saturated carbocycles. The molecule has 3 rings (SSSR count). The molecule has 3 aromatic rings. The van der Waals surface area contributed by atoms with Crippen molar-refractivity contribution >= 4 is 26.8 Å². The zero-order chi connectivity index (χ0) is 19.6. The number of nitrogens with zero attached hydrogens (tertiary/aromatic N) is 1. The van der Waals surface area contributed by atoms with Crippen molar-refractivity contribution in [1.29, 1.82) is 0 Å². The molecule has 1 atom stereocenters. The van der Waals surface area contributed by atoms with E-state index >= 15 is 0 Å². The van der Waals surface area contributed by atoms with E-state index in [0.717, 1.165) is 26.2 Å². The topological polar surface area (TPSA) is 74.7 Å². The molecule has 0 bridgehead atoms. The van der Waals surface area contributed by atoms with Crippen LogP contribution in [0.3, 0.4) is 0 Å². The molecule has 0 aliphatic carbocycles. The molecule has 0 aromatic heterocycles. The maximum atomic E-state index is 12.9. The molecule has 0 saturated heterocycles. The summed E-state index contributed by atoms with van der Waals surface area (Å²) in [7, 11) is -2.60. The lowest BCUT2D eigenvalue weighted by atomic mass is 9.99. The predicted octanol–water partition coefficient (Wildman–Crippen LogP) is 3.46. The van der Waals surface area contributed by atoms with Crippen molar-refractivity contribution in [2.24, 2.45) is 0 Å².